The second-order valence-corrected chi connectivity index (χ2v) is 4.28. The van der Waals surface area contributed by atoms with Gasteiger partial charge in [0.25, 0.3) is 0 Å². The lowest BCUT2D eigenvalue weighted by atomic mass is 9.94. The molecule has 0 aromatic rings. The number of aliphatic hydroxyl groups is 1. The minimum absolute atomic E-state index is 0.00370. The van der Waals surface area contributed by atoms with Crippen molar-refractivity contribution in [2.75, 3.05) is 13.2 Å². The second-order valence-electron chi connectivity index (χ2n) is 4.28. The fourth-order valence-electron chi connectivity index (χ4n) is 1.89. The molecule has 0 amide bonds. The van der Waals surface area contributed by atoms with E-state index in [4.69, 9.17) is 14.6 Å². The summed E-state index contributed by atoms with van der Waals surface area (Å²) < 4.78 is 10.6. The largest absolute Gasteiger partial charge is 0.465 e. The van der Waals surface area contributed by atoms with Crippen molar-refractivity contribution in [3.63, 3.8) is 0 Å². The lowest BCUT2D eigenvalue weighted by molar-refractivity contribution is -0.151. The third-order valence-electron chi connectivity index (χ3n) is 2.85. The minimum Gasteiger partial charge on any atom is -0.465 e. The van der Waals surface area contributed by atoms with Crippen molar-refractivity contribution in [2.24, 2.45) is 11.8 Å². The molecule has 4 unspecified atom stereocenters. The molecular weight excluding hydrogens is 196 g/mol. The van der Waals surface area contributed by atoms with Gasteiger partial charge in [0.2, 0.25) is 0 Å². The van der Waals surface area contributed by atoms with Gasteiger partial charge in [0, 0.05) is 12.5 Å². The molecule has 2 aliphatic heterocycles. The topological polar surface area (TPSA) is 55.8 Å². The molecule has 2 rings (SSSR count). The van der Waals surface area contributed by atoms with Gasteiger partial charge < -0.3 is 14.6 Å². The SMILES string of the molecule is CC(CO)COC(=O)C1CC2C=CC1O2. The number of esters is 1. The van der Waals surface area contributed by atoms with Gasteiger partial charge in [0.1, 0.15) is 0 Å². The van der Waals surface area contributed by atoms with Crippen molar-refractivity contribution in [1.82, 2.24) is 0 Å². The lowest BCUT2D eigenvalue weighted by Gasteiger charge is -2.16. The van der Waals surface area contributed by atoms with Gasteiger partial charge in [-0.3, -0.25) is 4.79 Å². The van der Waals surface area contributed by atoms with Gasteiger partial charge in [-0.15, -0.1) is 0 Å². The third-order valence-corrected chi connectivity index (χ3v) is 2.85. The van der Waals surface area contributed by atoms with Crippen LogP contribution in [0.15, 0.2) is 12.2 Å². The molecule has 0 saturated carbocycles. The van der Waals surface area contributed by atoms with Crippen LogP contribution in [0.1, 0.15) is 13.3 Å². The summed E-state index contributed by atoms with van der Waals surface area (Å²) in [6, 6.07) is 0. The third kappa shape index (κ3) is 2.21. The second kappa shape index (κ2) is 4.33. The van der Waals surface area contributed by atoms with Gasteiger partial charge in [-0.25, -0.2) is 0 Å². The predicted octanol–water partition coefficient (Wildman–Crippen LogP) is 0.501. The zero-order valence-corrected chi connectivity index (χ0v) is 8.76. The number of fused-ring (bicyclic) bond motifs is 2. The summed E-state index contributed by atoms with van der Waals surface area (Å²) >= 11 is 0. The quantitative estimate of drug-likeness (QED) is 0.544. The van der Waals surface area contributed by atoms with E-state index in [9.17, 15) is 4.79 Å². The molecule has 0 aromatic carbocycles. The molecular formula is C11H16O4. The van der Waals surface area contributed by atoms with E-state index in [0.29, 0.717) is 0 Å². The average Bonchev–Trinajstić information content (AvgIpc) is 2.86. The first-order valence-corrected chi connectivity index (χ1v) is 5.32. The number of ether oxygens (including phenoxy) is 2. The van der Waals surface area contributed by atoms with Crippen LogP contribution in [0.2, 0.25) is 0 Å². The Morgan fingerprint density at radius 1 is 1.67 bits per heavy atom. The van der Waals surface area contributed by atoms with Gasteiger partial charge >= 0.3 is 5.97 Å². The fraction of sp³-hybridized carbons (Fsp3) is 0.727. The van der Waals surface area contributed by atoms with Crippen molar-refractivity contribution in [3.05, 3.63) is 12.2 Å². The van der Waals surface area contributed by atoms with Crippen LogP contribution < -0.4 is 0 Å². The van der Waals surface area contributed by atoms with E-state index in [0.717, 1.165) is 6.42 Å². The highest BCUT2D eigenvalue weighted by Gasteiger charge is 2.42. The van der Waals surface area contributed by atoms with Gasteiger partial charge in [-0.05, 0) is 6.42 Å². The Morgan fingerprint density at radius 2 is 2.47 bits per heavy atom. The maximum atomic E-state index is 11.6. The highest BCUT2D eigenvalue weighted by atomic mass is 16.5. The lowest BCUT2D eigenvalue weighted by Crippen LogP contribution is -2.27. The molecule has 1 N–H and O–H groups in total. The molecule has 2 bridgehead atoms. The van der Waals surface area contributed by atoms with Crippen molar-refractivity contribution >= 4 is 5.97 Å². The van der Waals surface area contributed by atoms with Crippen molar-refractivity contribution in [3.8, 4) is 0 Å². The van der Waals surface area contributed by atoms with E-state index in [-0.39, 0.29) is 43.2 Å². The molecule has 4 nitrogen and oxygen atoms in total. The number of hydrogen-bond donors (Lipinski definition) is 1. The number of aliphatic hydroxyl groups excluding tert-OH is 1. The molecule has 4 heteroatoms. The molecule has 1 saturated heterocycles. The van der Waals surface area contributed by atoms with Crippen LogP contribution >= 0.6 is 0 Å². The molecule has 84 valence electrons. The Morgan fingerprint density at radius 3 is 3.00 bits per heavy atom. The molecule has 2 heterocycles. The number of carbonyl (C=O) groups excluding carboxylic acids is 1. The van der Waals surface area contributed by atoms with E-state index in [1.807, 2.05) is 19.1 Å². The zero-order valence-electron chi connectivity index (χ0n) is 8.76. The Labute approximate surface area is 88.9 Å². The number of rotatable bonds is 4. The van der Waals surface area contributed by atoms with Crippen LogP contribution in [0.4, 0.5) is 0 Å². The maximum absolute atomic E-state index is 11.6. The van der Waals surface area contributed by atoms with Crippen molar-refractivity contribution in [2.45, 2.75) is 25.6 Å². The monoisotopic (exact) mass is 212 g/mol. The normalized spacial score (nSPS) is 34.4. The number of hydrogen-bond acceptors (Lipinski definition) is 4. The van der Waals surface area contributed by atoms with E-state index in [1.54, 1.807) is 0 Å². The van der Waals surface area contributed by atoms with Gasteiger partial charge in [-0.1, -0.05) is 19.1 Å². The number of carbonyl (C=O) groups is 1. The van der Waals surface area contributed by atoms with Crippen LogP contribution in [-0.2, 0) is 14.3 Å². The first-order valence-electron chi connectivity index (χ1n) is 5.32. The van der Waals surface area contributed by atoms with E-state index >= 15 is 0 Å². The summed E-state index contributed by atoms with van der Waals surface area (Å²) in [5, 5.41) is 8.79. The van der Waals surface area contributed by atoms with E-state index < -0.39 is 0 Å². The zero-order chi connectivity index (χ0) is 10.8. The molecule has 0 aliphatic carbocycles. The van der Waals surface area contributed by atoms with Crippen molar-refractivity contribution < 1.29 is 19.4 Å². The highest BCUT2D eigenvalue weighted by molar-refractivity contribution is 5.74. The summed E-state index contributed by atoms with van der Waals surface area (Å²) in [7, 11) is 0. The fourth-order valence-corrected chi connectivity index (χ4v) is 1.89. The molecule has 1 fully saturated rings. The summed E-state index contributed by atoms with van der Waals surface area (Å²) in [6.45, 7) is 2.16. The smallest absolute Gasteiger partial charge is 0.312 e. The Hall–Kier alpha value is -0.870. The predicted molar refractivity (Wildman–Crippen MR) is 53.1 cm³/mol. The van der Waals surface area contributed by atoms with Crippen LogP contribution in [0.25, 0.3) is 0 Å². The van der Waals surface area contributed by atoms with Crippen LogP contribution in [-0.4, -0.2) is 36.5 Å². The minimum atomic E-state index is -0.202. The first-order chi connectivity index (χ1) is 7.20. The summed E-state index contributed by atoms with van der Waals surface area (Å²) in [5.74, 6) is -0.345. The first kappa shape index (κ1) is 10.6. The summed E-state index contributed by atoms with van der Waals surface area (Å²) in [5.41, 5.74) is 0. The Balaban J connectivity index is 1.80. The molecule has 0 radical (unpaired) electrons. The van der Waals surface area contributed by atoms with Crippen LogP contribution in [0, 0.1) is 11.8 Å². The Bertz CT molecular complexity index is 274. The van der Waals surface area contributed by atoms with Gasteiger partial charge in [-0.2, -0.15) is 0 Å². The molecule has 2 aliphatic rings. The van der Waals surface area contributed by atoms with Gasteiger partial charge in [0.15, 0.2) is 0 Å². The molecule has 0 spiro atoms. The highest BCUT2D eigenvalue weighted by Crippen LogP contribution is 2.34. The molecule has 0 aromatic heterocycles. The Kier molecular flexibility index (Phi) is 3.07. The maximum Gasteiger partial charge on any atom is 0.312 e. The van der Waals surface area contributed by atoms with E-state index in [2.05, 4.69) is 0 Å². The van der Waals surface area contributed by atoms with Crippen LogP contribution in [0.3, 0.4) is 0 Å². The average molecular weight is 212 g/mol. The summed E-state index contributed by atoms with van der Waals surface area (Å²) in [6.07, 6.45) is 4.66. The molecule has 15 heavy (non-hydrogen) atoms. The van der Waals surface area contributed by atoms with E-state index in [1.165, 1.54) is 0 Å². The summed E-state index contributed by atoms with van der Waals surface area (Å²) in [4.78, 5) is 11.6. The van der Waals surface area contributed by atoms with Gasteiger partial charge in [0.05, 0.1) is 24.7 Å². The van der Waals surface area contributed by atoms with Crippen molar-refractivity contribution in [1.29, 1.82) is 0 Å². The molecule has 4 atom stereocenters. The standard InChI is InChI=1S/C11H16O4/c1-7(5-12)6-14-11(13)9-4-8-2-3-10(9)15-8/h2-3,7-10,12H,4-6H2,1H3. The van der Waals surface area contributed by atoms with Crippen LogP contribution in [0.5, 0.6) is 0 Å².